The zero-order valence-electron chi connectivity index (χ0n) is 10.4. The van der Waals surface area contributed by atoms with Crippen LogP contribution in [0, 0.1) is 6.92 Å². The van der Waals surface area contributed by atoms with E-state index in [9.17, 15) is 0 Å². The van der Waals surface area contributed by atoms with Crippen LogP contribution < -0.4 is 11.2 Å². The first-order chi connectivity index (χ1) is 8.09. The maximum atomic E-state index is 5.75. The molecular weight excluding hydrogens is 234 g/mol. The van der Waals surface area contributed by atoms with Gasteiger partial charge in [-0.25, -0.2) is 5.01 Å². The summed E-state index contributed by atoms with van der Waals surface area (Å²) in [5, 5.41) is 6.57. The van der Waals surface area contributed by atoms with Crippen LogP contribution in [0.4, 0.5) is 5.82 Å². The van der Waals surface area contributed by atoms with Crippen LogP contribution in [-0.4, -0.2) is 32.9 Å². The Labute approximate surface area is 107 Å². The predicted octanol–water partition coefficient (Wildman–Crippen LogP) is 1.18. The van der Waals surface area contributed by atoms with Crippen LogP contribution in [0.1, 0.15) is 30.5 Å². The molecule has 1 aliphatic heterocycles. The lowest BCUT2D eigenvalue weighted by Crippen LogP contribution is -2.36. The van der Waals surface area contributed by atoms with Crippen LogP contribution in [-0.2, 0) is 7.05 Å². The molecule has 1 aliphatic rings. The van der Waals surface area contributed by atoms with Gasteiger partial charge in [0.15, 0.2) is 0 Å². The molecule has 0 radical (unpaired) electrons. The molecule has 5 nitrogen and oxygen atoms in total. The Kier molecular flexibility index (Phi) is 3.63. The van der Waals surface area contributed by atoms with Crippen LogP contribution >= 0.6 is 12.2 Å². The van der Waals surface area contributed by atoms with E-state index in [4.69, 9.17) is 18.0 Å². The topological polar surface area (TPSA) is 59.1 Å². The first-order valence-electron chi connectivity index (χ1n) is 5.94. The van der Waals surface area contributed by atoms with E-state index in [2.05, 4.69) is 15.5 Å². The van der Waals surface area contributed by atoms with E-state index in [0.717, 1.165) is 30.2 Å². The average Bonchev–Trinajstić information content (AvgIpc) is 2.55. The van der Waals surface area contributed by atoms with Gasteiger partial charge >= 0.3 is 0 Å². The van der Waals surface area contributed by atoms with Gasteiger partial charge in [0.25, 0.3) is 0 Å². The summed E-state index contributed by atoms with van der Waals surface area (Å²) in [7, 11) is 1.90. The van der Waals surface area contributed by atoms with Crippen molar-refractivity contribution >= 4 is 23.0 Å². The number of aromatic nitrogens is 2. The van der Waals surface area contributed by atoms with Gasteiger partial charge in [-0.3, -0.25) is 4.68 Å². The number of nitrogens with one attached hydrogen (secondary N) is 1. The fraction of sp³-hybridized carbons (Fsp3) is 0.636. The van der Waals surface area contributed by atoms with Gasteiger partial charge in [0.2, 0.25) is 0 Å². The Hall–Kier alpha value is -1.14. The molecule has 0 spiro atoms. The molecule has 0 aromatic carbocycles. The van der Waals surface area contributed by atoms with Crippen LogP contribution in [0.15, 0.2) is 0 Å². The summed E-state index contributed by atoms with van der Waals surface area (Å²) in [6, 6.07) is 0. The molecule has 0 aliphatic carbocycles. The second-order valence-electron chi connectivity index (χ2n) is 4.46. The second kappa shape index (κ2) is 5.01. The Morgan fingerprint density at radius 2 is 2.00 bits per heavy atom. The summed E-state index contributed by atoms with van der Waals surface area (Å²) in [4.78, 5) is 0.398. The molecule has 1 saturated heterocycles. The number of hydrogen-bond donors (Lipinski definition) is 2. The van der Waals surface area contributed by atoms with Gasteiger partial charge in [0.05, 0.1) is 11.3 Å². The number of rotatable bonds is 3. The fourth-order valence-corrected chi connectivity index (χ4v) is 2.48. The summed E-state index contributed by atoms with van der Waals surface area (Å²) in [5.74, 6) is 0.900. The minimum Gasteiger partial charge on any atom is -0.389 e. The highest BCUT2D eigenvalue weighted by molar-refractivity contribution is 7.80. The molecule has 1 aromatic rings. The number of piperidine rings is 1. The van der Waals surface area contributed by atoms with Crippen LogP contribution in [0.3, 0.4) is 0 Å². The Balaban J connectivity index is 2.21. The first-order valence-corrected chi connectivity index (χ1v) is 6.35. The summed E-state index contributed by atoms with van der Waals surface area (Å²) < 4.78 is 1.80. The standard InChI is InChI=1S/C11H19N5S/c1-8-9(10(12)17)11(15(2)13-8)14-16-6-4-3-5-7-16/h14H,3-7H2,1-2H3,(H2,12,17). The maximum Gasteiger partial charge on any atom is 0.149 e. The van der Waals surface area contributed by atoms with E-state index in [-0.39, 0.29) is 0 Å². The van der Waals surface area contributed by atoms with E-state index in [1.807, 2.05) is 14.0 Å². The molecule has 6 heteroatoms. The number of aryl methyl sites for hydroxylation is 2. The van der Waals surface area contributed by atoms with Crippen molar-refractivity contribution in [1.29, 1.82) is 0 Å². The summed E-state index contributed by atoms with van der Waals surface area (Å²) >= 11 is 5.08. The normalized spacial score (nSPS) is 17.1. The van der Waals surface area contributed by atoms with Gasteiger partial charge in [0.1, 0.15) is 10.8 Å². The van der Waals surface area contributed by atoms with Gasteiger partial charge in [-0.15, -0.1) is 0 Å². The first kappa shape index (κ1) is 12.3. The average molecular weight is 253 g/mol. The molecule has 3 N–H and O–H groups in total. The molecule has 0 unspecified atom stereocenters. The van der Waals surface area contributed by atoms with Gasteiger partial charge < -0.3 is 11.2 Å². The van der Waals surface area contributed by atoms with Crippen molar-refractivity contribution in [3.63, 3.8) is 0 Å². The molecular formula is C11H19N5S. The summed E-state index contributed by atoms with van der Waals surface area (Å²) in [6.07, 6.45) is 3.77. The maximum absolute atomic E-state index is 5.75. The number of thiocarbonyl (C=S) groups is 1. The third-order valence-corrected chi connectivity index (χ3v) is 3.29. The van der Waals surface area contributed by atoms with Crippen molar-refractivity contribution in [2.24, 2.45) is 12.8 Å². The zero-order chi connectivity index (χ0) is 12.4. The highest BCUT2D eigenvalue weighted by atomic mass is 32.1. The van der Waals surface area contributed by atoms with Crippen molar-refractivity contribution in [1.82, 2.24) is 14.8 Å². The molecule has 2 heterocycles. The Morgan fingerprint density at radius 3 is 2.59 bits per heavy atom. The monoisotopic (exact) mass is 253 g/mol. The van der Waals surface area contributed by atoms with Gasteiger partial charge in [-0.05, 0) is 19.8 Å². The highest BCUT2D eigenvalue weighted by Gasteiger charge is 2.18. The van der Waals surface area contributed by atoms with Crippen LogP contribution in [0.25, 0.3) is 0 Å². The molecule has 1 fully saturated rings. The minimum atomic E-state index is 0.398. The van der Waals surface area contributed by atoms with E-state index >= 15 is 0 Å². The highest BCUT2D eigenvalue weighted by Crippen LogP contribution is 2.20. The molecule has 1 aromatic heterocycles. The summed E-state index contributed by atoms with van der Waals surface area (Å²) in [6.45, 7) is 4.04. The smallest absolute Gasteiger partial charge is 0.149 e. The van der Waals surface area contributed by atoms with E-state index in [1.54, 1.807) is 4.68 Å². The van der Waals surface area contributed by atoms with Gasteiger partial charge in [-0.2, -0.15) is 5.10 Å². The molecule has 0 atom stereocenters. The number of nitrogens with zero attached hydrogens (tertiary/aromatic N) is 3. The number of nitrogens with two attached hydrogens (primary N) is 1. The van der Waals surface area contributed by atoms with Crippen molar-refractivity contribution in [2.75, 3.05) is 18.5 Å². The van der Waals surface area contributed by atoms with Crippen molar-refractivity contribution in [2.45, 2.75) is 26.2 Å². The van der Waals surface area contributed by atoms with Gasteiger partial charge in [-0.1, -0.05) is 18.6 Å². The van der Waals surface area contributed by atoms with E-state index in [0.29, 0.717) is 4.99 Å². The number of hydrogen-bond acceptors (Lipinski definition) is 4. The Morgan fingerprint density at radius 1 is 1.35 bits per heavy atom. The van der Waals surface area contributed by atoms with Crippen molar-refractivity contribution in [3.05, 3.63) is 11.3 Å². The van der Waals surface area contributed by atoms with E-state index < -0.39 is 0 Å². The quantitative estimate of drug-likeness (QED) is 0.792. The molecule has 94 valence electrons. The number of anilines is 1. The lowest BCUT2D eigenvalue weighted by atomic mass is 10.2. The summed E-state index contributed by atoms with van der Waals surface area (Å²) in [5.41, 5.74) is 10.9. The predicted molar refractivity (Wildman–Crippen MR) is 72.9 cm³/mol. The fourth-order valence-electron chi connectivity index (χ4n) is 2.24. The SMILES string of the molecule is Cc1nn(C)c(NN2CCCCC2)c1C(N)=S. The third-order valence-electron chi connectivity index (χ3n) is 3.09. The molecule has 0 bridgehead atoms. The largest absolute Gasteiger partial charge is 0.389 e. The van der Waals surface area contributed by atoms with Crippen LogP contribution in [0.2, 0.25) is 0 Å². The third kappa shape index (κ3) is 2.58. The lowest BCUT2D eigenvalue weighted by molar-refractivity contribution is 0.271. The molecule has 0 amide bonds. The Bertz CT molecular complexity index is 420. The molecule has 2 rings (SSSR count). The second-order valence-corrected chi connectivity index (χ2v) is 4.90. The minimum absolute atomic E-state index is 0.398. The number of hydrazine groups is 1. The molecule has 0 saturated carbocycles. The zero-order valence-corrected chi connectivity index (χ0v) is 11.2. The molecule has 17 heavy (non-hydrogen) atoms. The van der Waals surface area contributed by atoms with Crippen molar-refractivity contribution < 1.29 is 0 Å². The van der Waals surface area contributed by atoms with Crippen molar-refractivity contribution in [3.8, 4) is 0 Å². The lowest BCUT2D eigenvalue weighted by Gasteiger charge is -2.28. The van der Waals surface area contributed by atoms with E-state index in [1.165, 1.54) is 19.3 Å². The van der Waals surface area contributed by atoms with Gasteiger partial charge in [0, 0.05) is 20.1 Å². The van der Waals surface area contributed by atoms with Crippen LogP contribution in [0.5, 0.6) is 0 Å².